The van der Waals surface area contributed by atoms with E-state index in [1.54, 1.807) is 45.4 Å². The van der Waals surface area contributed by atoms with Crippen molar-refractivity contribution in [1.82, 2.24) is 0 Å². The van der Waals surface area contributed by atoms with Crippen LogP contribution in [0.1, 0.15) is 12.0 Å². The molecule has 0 fully saturated rings. The summed E-state index contributed by atoms with van der Waals surface area (Å²) in [5.41, 5.74) is 6.72. The number of carboxylic acids is 1. The predicted octanol–water partition coefficient (Wildman–Crippen LogP) is 0.906. The monoisotopic (exact) mass is 327 g/mol. The van der Waals surface area contributed by atoms with Crippen LogP contribution < -0.4 is 5.73 Å². The van der Waals surface area contributed by atoms with Crippen LogP contribution in [0.4, 0.5) is 0 Å². The maximum atomic E-state index is 12.5. The number of nitrogens with two attached hydrogens (primary N) is 1. The van der Waals surface area contributed by atoms with Crippen LogP contribution in [0.5, 0.6) is 0 Å². The highest BCUT2D eigenvalue weighted by molar-refractivity contribution is 7.95. The van der Waals surface area contributed by atoms with Crippen LogP contribution >= 0.6 is 0 Å². The number of aliphatic carboxylic acids is 1. The van der Waals surface area contributed by atoms with Crippen LogP contribution in [0, 0.1) is 0 Å². The summed E-state index contributed by atoms with van der Waals surface area (Å²) in [6.45, 7) is 0. The van der Waals surface area contributed by atoms with Gasteiger partial charge in [0, 0.05) is 5.41 Å². The lowest BCUT2D eigenvalue weighted by Gasteiger charge is -2.35. The van der Waals surface area contributed by atoms with E-state index < -0.39 is 33.6 Å². The van der Waals surface area contributed by atoms with Crippen molar-refractivity contribution in [3.63, 3.8) is 0 Å². The zero-order chi connectivity index (χ0) is 17.0. The molecule has 0 radical (unpaired) electrons. The van der Waals surface area contributed by atoms with E-state index in [2.05, 4.69) is 0 Å². The summed E-state index contributed by atoms with van der Waals surface area (Å²) in [6, 6.07) is 8.93. The van der Waals surface area contributed by atoms with Crippen molar-refractivity contribution in [1.29, 1.82) is 0 Å². The molecule has 2 unspecified atom stereocenters. The molecule has 0 spiro atoms. The number of carboxylic acid groups (broad SMARTS) is 1. The van der Waals surface area contributed by atoms with E-state index in [9.17, 15) is 13.2 Å². The van der Waals surface area contributed by atoms with E-state index in [0.29, 0.717) is 0 Å². The first-order valence-electron chi connectivity index (χ1n) is 6.79. The van der Waals surface area contributed by atoms with Crippen LogP contribution in [0.25, 0.3) is 6.08 Å². The lowest BCUT2D eigenvalue weighted by Crippen LogP contribution is -2.59. The van der Waals surface area contributed by atoms with Gasteiger partial charge in [-0.2, -0.15) is 0 Å². The Bertz CT molecular complexity index is 633. The number of quaternary nitrogens is 1. The van der Waals surface area contributed by atoms with Gasteiger partial charge in [0.1, 0.15) is 5.25 Å². The molecule has 122 valence electrons. The van der Waals surface area contributed by atoms with Gasteiger partial charge in [-0.3, -0.25) is 10.5 Å². The van der Waals surface area contributed by atoms with Gasteiger partial charge >= 0.3 is 5.97 Å². The van der Waals surface area contributed by atoms with Gasteiger partial charge in [0.15, 0.2) is 16.0 Å². The molecule has 6 nitrogen and oxygen atoms in total. The van der Waals surface area contributed by atoms with Crippen LogP contribution in [0.15, 0.2) is 35.7 Å². The van der Waals surface area contributed by atoms with Gasteiger partial charge in [-0.25, -0.2) is 8.42 Å². The fourth-order valence-corrected chi connectivity index (χ4v) is 3.62. The van der Waals surface area contributed by atoms with Crippen LogP contribution in [-0.2, 0) is 14.6 Å². The Morgan fingerprint density at radius 3 is 2.27 bits per heavy atom. The first-order chi connectivity index (χ1) is 10.0. The average molecular weight is 327 g/mol. The highest BCUT2D eigenvalue weighted by Crippen LogP contribution is 2.18. The summed E-state index contributed by atoms with van der Waals surface area (Å²) in [5, 5.41) is 8.85. The van der Waals surface area contributed by atoms with Gasteiger partial charge in [0.25, 0.3) is 0 Å². The molecule has 2 atom stereocenters. The number of hydrogen-bond donors (Lipinski definition) is 2. The molecule has 3 N–H and O–H groups in total. The maximum Gasteiger partial charge on any atom is 0.304 e. The molecule has 22 heavy (non-hydrogen) atoms. The van der Waals surface area contributed by atoms with Crippen molar-refractivity contribution in [2.45, 2.75) is 17.8 Å². The summed E-state index contributed by atoms with van der Waals surface area (Å²) in [6.07, 6.45) is 0.0755. The molecule has 1 aromatic rings. The zero-order valence-corrected chi connectivity index (χ0v) is 13.8. The van der Waals surface area contributed by atoms with Gasteiger partial charge in [0.2, 0.25) is 0 Å². The van der Waals surface area contributed by atoms with Crippen molar-refractivity contribution >= 4 is 21.9 Å². The lowest BCUT2D eigenvalue weighted by molar-refractivity contribution is -0.895. The first kappa shape index (κ1) is 18.3. The largest absolute Gasteiger partial charge is 0.481 e. The number of sulfone groups is 1. The summed E-state index contributed by atoms with van der Waals surface area (Å²) in [7, 11) is 1.40. The summed E-state index contributed by atoms with van der Waals surface area (Å²) in [5.74, 6) is -1.19. The summed E-state index contributed by atoms with van der Waals surface area (Å²) >= 11 is 0. The minimum atomic E-state index is -3.80. The van der Waals surface area contributed by atoms with Gasteiger partial charge in [-0.05, 0) is 11.6 Å². The molecule has 0 aliphatic rings. The van der Waals surface area contributed by atoms with Crippen molar-refractivity contribution in [3.05, 3.63) is 41.3 Å². The molecule has 0 aromatic heterocycles. The molecule has 7 heteroatoms. The van der Waals surface area contributed by atoms with Gasteiger partial charge < -0.3 is 9.59 Å². The summed E-state index contributed by atoms with van der Waals surface area (Å²) in [4.78, 5) is 11.0. The van der Waals surface area contributed by atoms with Gasteiger partial charge in [-0.1, -0.05) is 30.3 Å². The third kappa shape index (κ3) is 5.25. The molecule has 1 aromatic carbocycles. The zero-order valence-electron chi connectivity index (χ0n) is 13.0. The maximum absolute atomic E-state index is 12.5. The highest BCUT2D eigenvalue weighted by atomic mass is 32.2. The Labute approximate surface area is 131 Å². The number of benzene rings is 1. The quantitative estimate of drug-likeness (QED) is 0.573. The van der Waals surface area contributed by atoms with Gasteiger partial charge in [-0.15, -0.1) is 0 Å². The fraction of sp³-hybridized carbons (Fsp3) is 0.400. The Morgan fingerprint density at radius 2 is 1.82 bits per heavy atom. The average Bonchev–Trinajstić information content (AvgIpc) is 2.42. The van der Waals surface area contributed by atoms with E-state index in [4.69, 9.17) is 10.8 Å². The van der Waals surface area contributed by atoms with Crippen LogP contribution in [-0.4, -0.2) is 56.5 Å². The Hall–Kier alpha value is -1.70. The number of nitrogens with zero attached hydrogens (tertiary/aromatic N) is 1. The molecule has 0 bridgehead atoms. The molecule has 0 saturated heterocycles. The van der Waals surface area contributed by atoms with Crippen molar-refractivity contribution in [2.75, 3.05) is 21.1 Å². The number of hydrogen-bond acceptors (Lipinski definition) is 4. The SMILES string of the molecule is C[N+](C)(C)C(N)C(CC(=O)O)S(=O)(=O)/C=C/c1ccccc1. The molecule has 0 heterocycles. The number of carbonyl (C=O) groups is 1. The Kier molecular flexibility index (Phi) is 5.87. The van der Waals surface area contributed by atoms with Gasteiger partial charge in [0.05, 0.1) is 27.6 Å². The van der Waals surface area contributed by atoms with Crippen LogP contribution in [0.3, 0.4) is 0 Å². The predicted molar refractivity (Wildman–Crippen MR) is 86.4 cm³/mol. The summed E-state index contributed by atoms with van der Waals surface area (Å²) < 4.78 is 25.1. The van der Waals surface area contributed by atoms with E-state index in [1.807, 2.05) is 6.07 Å². The van der Waals surface area contributed by atoms with Crippen LogP contribution in [0.2, 0.25) is 0 Å². The minimum Gasteiger partial charge on any atom is -0.481 e. The second-order valence-electron chi connectivity index (χ2n) is 6.05. The molecule has 0 aliphatic carbocycles. The Morgan fingerprint density at radius 1 is 1.27 bits per heavy atom. The molecular formula is C15H23N2O4S+. The number of rotatable bonds is 7. The molecular weight excluding hydrogens is 304 g/mol. The minimum absolute atomic E-state index is 0.149. The van der Waals surface area contributed by atoms with Crippen molar-refractivity contribution in [3.8, 4) is 0 Å². The van der Waals surface area contributed by atoms with E-state index >= 15 is 0 Å². The second kappa shape index (κ2) is 7.04. The van der Waals surface area contributed by atoms with E-state index in [1.165, 1.54) is 6.08 Å². The van der Waals surface area contributed by atoms with Crippen molar-refractivity contribution < 1.29 is 22.8 Å². The molecule has 0 saturated carbocycles. The standard InChI is InChI=1S/C15H22N2O4S/c1-17(2,3)15(16)13(11-14(18)19)22(20,21)10-9-12-7-5-4-6-8-12/h4-10,13,15H,11,16H2,1-3H3/p+1/b10-9+. The lowest BCUT2D eigenvalue weighted by atomic mass is 10.2. The van der Waals surface area contributed by atoms with Crippen molar-refractivity contribution in [2.24, 2.45) is 5.73 Å². The first-order valence-corrected chi connectivity index (χ1v) is 8.40. The topological polar surface area (TPSA) is 97.5 Å². The highest BCUT2D eigenvalue weighted by Gasteiger charge is 2.39. The molecule has 1 rings (SSSR count). The third-order valence-corrected chi connectivity index (χ3v) is 5.13. The second-order valence-corrected chi connectivity index (χ2v) is 8.10. The van der Waals surface area contributed by atoms with E-state index in [0.717, 1.165) is 11.0 Å². The normalized spacial score (nSPS) is 15.6. The Balaban J connectivity index is 3.11. The smallest absolute Gasteiger partial charge is 0.304 e. The fourth-order valence-electron chi connectivity index (χ4n) is 1.94. The van der Waals surface area contributed by atoms with E-state index in [-0.39, 0.29) is 4.48 Å². The third-order valence-electron chi connectivity index (χ3n) is 3.32. The molecule has 0 amide bonds. The molecule has 0 aliphatic heterocycles.